The van der Waals surface area contributed by atoms with Gasteiger partial charge in [-0.1, -0.05) is 12.1 Å². The minimum atomic E-state index is -0.952. The molecule has 0 radical (unpaired) electrons. The van der Waals surface area contributed by atoms with E-state index in [1.54, 1.807) is 18.4 Å². The first-order valence-corrected chi connectivity index (χ1v) is 7.05. The summed E-state index contributed by atoms with van der Waals surface area (Å²) in [5.41, 5.74) is 1.60. The first-order chi connectivity index (χ1) is 7.17. The molecule has 0 aliphatic rings. The lowest BCUT2D eigenvalue weighted by Gasteiger charge is -1.99. The van der Waals surface area contributed by atoms with Crippen molar-refractivity contribution in [3.05, 3.63) is 39.6 Å². The normalized spacial score (nSPS) is 13.3. The Morgan fingerprint density at radius 1 is 1.47 bits per heavy atom. The van der Waals surface area contributed by atoms with Crippen LogP contribution in [0.3, 0.4) is 0 Å². The monoisotopic (exact) mass is 237 g/mol. The molecule has 0 fully saturated rings. The van der Waals surface area contributed by atoms with Gasteiger partial charge in [0.05, 0.1) is 26.7 Å². The molecule has 1 aromatic rings. The third-order valence-corrected chi connectivity index (χ3v) is 4.22. The quantitative estimate of drug-likeness (QED) is 0.811. The standard InChI is InChI=1S/C11H11NOS2/c1-14-11(15(2)13)7-9-3-5-10(8-12)6-4-9/h3-7H,1-2H3/b11-7+. The van der Waals surface area contributed by atoms with Crippen LogP contribution in [-0.2, 0) is 10.8 Å². The van der Waals surface area contributed by atoms with Gasteiger partial charge in [-0.25, -0.2) is 0 Å². The Bertz CT molecular complexity index is 429. The lowest BCUT2D eigenvalue weighted by molar-refractivity contribution is 0.691. The van der Waals surface area contributed by atoms with Crippen LogP contribution in [-0.4, -0.2) is 16.7 Å². The molecule has 0 saturated heterocycles. The number of benzene rings is 1. The summed E-state index contributed by atoms with van der Waals surface area (Å²) >= 11 is 1.48. The van der Waals surface area contributed by atoms with Crippen molar-refractivity contribution in [2.45, 2.75) is 0 Å². The fourth-order valence-electron chi connectivity index (χ4n) is 1.05. The van der Waals surface area contributed by atoms with Crippen LogP contribution >= 0.6 is 11.8 Å². The largest absolute Gasteiger partial charge is 0.254 e. The predicted molar refractivity (Wildman–Crippen MR) is 66.7 cm³/mol. The van der Waals surface area contributed by atoms with E-state index in [-0.39, 0.29) is 0 Å². The van der Waals surface area contributed by atoms with E-state index in [1.807, 2.05) is 24.5 Å². The van der Waals surface area contributed by atoms with Crippen molar-refractivity contribution in [3.63, 3.8) is 0 Å². The summed E-state index contributed by atoms with van der Waals surface area (Å²) in [4.78, 5) is 0. The van der Waals surface area contributed by atoms with Gasteiger partial charge < -0.3 is 0 Å². The van der Waals surface area contributed by atoms with Gasteiger partial charge in [0.1, 0.15) is 0 Å². The Morgan fingerprint density at radius 2 is 2.07 bits per heavy atom. The van der Waals surface area contributed by atoms with Gasteiger partial charge in [-0.15, -0.1) is 11.8 Å². The van der Waals surface area contributed by atoms with Gasteiger partial charge in [0.25, 0.3) is 0 Å². The van der Waals surface area contributed by atoms with E-state index in [9.17, 15) is 4.21 Å². The molecular weight excluding hydrogens is 226 g/mol. The van der Waals surface area contributed by atoms with Gasteiger partial charge >= 0.3 is 0 Å². The smallest absolute Gasteiger partial charge is 0.0991 e. The van der Waals surface area contributed by atoms with E-state index in [0.29, 0.717) is 5.56 Å². The van der Waals surface area contributed by atoms with E-state index in [2.05, 4.69) is 6.07 Å². The zero-order valence-corrected chi connectivity index (χ0v) is 10.2. The van der Waals surface area contributed by atoms with Gasteiger partial charge in [0, 0.05) is 6.26 Å². The highest BCUT2D eigenvalue weighted by Crippen LogP contribution is 2.19. The van der Waals surface area contributed by atoms with Gasteiger partial charge in [-0.2, -0.15) is 5.26 Å². The van der Waals surface area contributed by atoms with Crippen LogP contribution in [0.25, 0.3) is 6.08 Å². The lowest BCUT2D eigenvalue weighted by atomic mass is 10.1. The summed E-state index contributed by atoms with van der Waals surface area (Å²) in [6.45, 7) is 0. The number of rotatable bonds is 3. The van der Waals surface area contributed by atoms with E-state index in [0.717, 1.165) is 9.80 Å². The van der Waals surface area contributed by atoms with Gasteiger partial charge in [-0.3, -0.25) is 4.21 Å². The molecule has 78 valence electrons. The first-order valence-electron chi connectivity index (χ1n) is 4.26. The van der Waals surface area contributed by atoms with Crippen LogP contribution < -0.4 is 0 Å². The molecule has 0 N–H and O–H groups in total. The number of nitriles is 1. The highest BCUT2D eigenvalue weighted by Gasteiger charge is 2.00. The van der Waals surface area contributed by atoms with Crippen molar-refractivity contribution in [1.82, 2.24) is 0 Å². The maximum Gasteiger partial charge on any atom is 0.0991 e. The molecule has 0 heterocycles. The SMILES string of the molecule is CS/C(=C\c1ccc(C#N)cc1)S(C)=O. The second-order valence-electron chi connectivity index (χ2n) is 2.86. The second kappa shape index (κ2) is 5.74. The van der Waals surface area contributed by atoms with Gasteiger partial charge in [0.15, 0.2) is 0 Å². The summed E-state index contributed by atoms with van der Waals surface area (Å²) in [7, 11) is -0.952. The Balaban J connectivity index is 2.98. The molecule has 0 aliphatic carbocycles. The first kappa shape index (κ1) is 12.0. The highest BCUT2D eigenvalue weighted by atomic mass is 32.2. The number of hydrogen-bond acceptors (Lipinski definition) is 3. The maximum absolute atomic E-state index is 11.3. The van der Waals surface area contributed by atoms with Crippen molar-refractivity contribution < 1.29 is 4.21 Å². The number of thioether (sulfide) groups is 1. The lowest BCUT2D eigenvalue weighted by Crippen LogP contribution is -1.86. The number of hydrogen-bond donors (Lipinski definition) is 0. The molecule has 0 aromatic heterocycles. The minimum Gasteiger partial charge on any atom is -0.254 e. The van der Waals surface area contributed by atoms with Crippen LogP contribution in [0.15, 0.2) is 28.5 Å². The topological polar surface area (TPSA) is 40.9 Å². The minimum absolute atomic E-state index is 0.635. The fourth-order valence-corrected chi connectivity index (χ4v) is 2.54. The molecule has 2 nitrogen and oxygen atoms in total. The van der Waals surface area contributed by atoms with Crippen molar-refractivity contribution in [1.29, 1.82) is 5.26 Å². The molecule has 0 saturated carbocycles. The van der Waals surface area contributed by atoms with E-state index in [4.69, 9.17) is 5.26 Å². The molecule has 0 aliphatic heterocycles. The average molecular weight is 237 g/mol. The summed E-state index contributed by atoms with van der Waals surface area (Å²) in [6.07, 6.45) is 5.44. The molecule has 1 unspecified atom stereocenters. The zero-order valence-electron chi connectivity index (χ0n) is 8.56. The Hall–Kier alpha value is -1.05. The average Bonchev–Trinajstić information content (AvgIpc) is 2.26. The summed E-state index contributed by atoms with van der Waals surface area (Å²) < 4.78 is 12.1. The number of nitrogens with zero attached hydrogens (tertiary/aromatic N) is 1. The van der Waals surface area contributed by atoms with E-state index in [1.165, 1.54) is 11.8 Å². The van der Waals surface area contributed by atoms with E-state index >= 15 is 0 Å². The molecule has 15 heavy (non-hydrogen) atoms. The van der Waals surface area contributed by atoms with Crippen molar-refractivity contribution >= 4 is 28.6 Å². The molecule has 1 atom stereocenters. The predicted octanol–water partition coefficient (Wildman–Crippen LogP) is 2.60. The Morgan fingerprint density at radius 3 is 2.47 bits per heavy atom. The third-order valence-electron chi connectivity index (χ3n) is 1.81. The van der Waals surface area contributed by atoms with Crippen LogP contribution in [0.2, 0.25) is 0 Å². The molecule has 1 rings (SSSR count). The van der Waals surface area contributed by atoms with Crippen molar-refractivity contribution in [2.24, 2.45) is 0 Å². The molecule has 0 spiro atoms. The van der Waals surface area contributed by atoms with Crippen LogP contribution in [0.5, 0.6) is 0 Å². The maximum atomic E-state index is 11.3. The van der Waals surface area contributed by atoms with Crippen molar-refractivity contribution in [3.8, 4) is 6.07 Å². The molecule has 4 heteroatoms. The van der Waals surface area contributed by atoms with Crippen molar-refractivity contribution in [2.75, 3.05) is 12.5 Å². The van der Waals surface area contributed by atoms with Gasteiger partial charge in [-0.05, 0) is 30.0 Å². The van der Waals surface area contributed by atoms with Crippen LogP contribution in [0.4, 0.5) is 0 Å². The van der Waals surface area contributed by atoms with E-state index < -0.39 is 10.8 Å². The Labute approximate surface area is 96.5 Å². The zero-order chi connectivity index (χ0) is 11.3. The summed E-state index contributed by atoms with van der Waals surface area (Å²) in [6, 6.07) is 9.26. The Kier molecular flexibility index (Phi) is 4.60. The molecule has 0 bridgehead atoms. The summed E-state index contributed by atoms with van der Waals surface area (Å²) in [5, 5.41) is 8.63. The second-order valence-corrected chi connectivity index (χ2v) is 5.31. The van der Waals surface area contributed by atoms with Crippen LogP contribution in [0.1, 0.15) is 11.1 Å². The fraction of sp³-hybridized carbons (Fsp3) is 0.182. The third kappa shape index (κ3) is 3.54. The van der Waals surface area contributed by atoms with Gasteiger partial charge in [0.2, 0.25) is 0 Å². The highest BCUT2D eigenvalue weighted by molar-refractivity contribution is 8.16. The molecule has 0 amide bonds. The van der Waals surface area contributed by atoms with Crippen LogP contribution in [0, 0.1) is 11.3 Å². The molecular formula is C11H11NOS2. The molecule has 1 aromatic carbocycles. The summed E-state index contributed by atoms with van der Waals surface area (Å²) in [5.74, 6) is 0.